The molecule has 0 unspecified atom stereocenters. The molecule has 0 radical (unpaired) electrons. The van der Waals surface area contributed by atoms with E-state index < -0.39 is 0 Å². The van der Waals surface area contributed by atoms with E-state index in [0.29, 0.717) is 47.6 Å². The van der Waals surface area contributed by atoms with Crippen molar-refractivity contribution in [2.75, 3.05) is 12.8 Å². The van der Waals surface area contributed by atoms with Crippen molar-refractivity contribution < 1.29 is 9.59 Å². The fourth-order valence-electron chi connectivity index (χ4n) is 4.98. The van der Waals surface area contributed by atoms with Gasteiger partial charge in [-0.3, -0.25) is 9.59 Å². The number of nitrogens with zero attached hydrogens (tertiary/aromatic N) is 3. The number of fused-ring (bicyclic) bond motifs is 1. The summed E-state index contributed by atoms with van der Waals surface area (Å²) < 4.78 is 1.80. The maximum absolute atomic E-state index is 13.3. The molecule has 1 aliphatic carbocycles. The Hall–Kier alpha value is -4.19. The highest BCUT2D eigenvalue weighted by molar-refractivity contribution is 6.04. The summed E-state index contributed by atoms with van der Waals surface area (Å²) in [7, 11) is 1.78. The molecule has 0 bridgehead atoms. The van der Waals surface area contributed by atoms with Crippen LogP contribution in [0.1, 0.15) is 52.2 Å². The van der Waals surface area contributed by atoms with Gasteiger partial charge in [0, 0.05) is 31.1 Å². The third-order valence-electron chi connectivity index (χ3n) is 6.70. The molecule has 182 valence electrons. The van der Waals surface area contributed by atoms with E-state index in [0.717, 1.165) is 16.8 Å². The van der Waals surface area contributed by atoms with Crippen LogP contribution < -0.4 is 5.73 Å². The van der Waals surface area contributed by atoms with Gasteiger partial charge in [-0.25, -0.2) is 4.68 Å². The first kappa shape index (κ1) is 23.5. The minimum atomic E-state index is -0.180. The SMILES string of the molecule is CN(Cc1ccccc1)C(=O)c1ccc(-n2nc(-c3ccccc3)c3c2CC(C)(C)CC3=O)c(N)c1. The predicted octanol–water partition coefficient (Wildman–Crippen LogP) is 5.55. The topological polar surface area (TPSA) is 81.2 Å². The fourth-order valence-corrected chi connectivity index (χ4v) is 4.98. The molecule has 1 amide bonds. The number of amides is 1. The van der Waals surface area contributed by atoms with Crippen molar-refractivity contribution in [2.45, 2.75) is 33.2 Å². The largest absolute Gasteiger partial charge is 0.397 e. The predicted molar refractivity (Wildman–Crippen MR) is 142 cm³/mol. The monoisotopic (exact) mass is 478 g/mol. The van der Waals surface area contributed by atoms with E-state index >= 15 is 0 Å². The van der Waals surface area contributed by atoms with Gasteiger partial charge < -0.3 is 10.6 Å². The molecular formula is C30H30N4O2. The lowest BCUT2D eigenvalue weighted by molar-refractivity contribution is 0.0784. The Morgan fingerprint density at radius 3 is 2.33 bits per heavy atom. The highest BCUT2D eigenvalue weighted by Crippen LogP contribution is 2.40. The Morgan fingerprint density at radius 1 is 1.00 bits per heavy atom. The number of rotatable bonds is 5. The molecule has 36 heavy (non-hydrogen) atoms. The number of anilines is 1. The lowest BCUT2D eigenvalue weighted by Crippen LogP contribution is -2.28. The third kappa shape index (κ3) is 4.42. The Balaban J connectivity index is 1.53. The van der Waals surface area contributed by atoms with Crippen LogP contribution >= 0.6 is 0 Å². The zero-order valence-corrected chi connectivity index (χ0v) is 20.9. The molecule has 6 heteroatoms. The van der Waals surface area contributed by atoms with Gasteiger partial charge >= 0.3 is 0 Å². The molecule has 2 N–H and O–H groups in total. The third-order valence-corrected chi connectivity index (χ3v) is 6.70. The van der Waals surface area contributed by atoms with Gasteiger partial charge in [0.15, 0.2) is 5.78 Å². The Morgan fingerprint density at radius 2 is 1.67 bits per heavy atom. The van der Waals surface area contributed by atoms with Crippen molar-refractivity contribution in [3.05, 3.63) is 101 Å². The maximum Gasteiger partial charge on any atom is 0.253 e. The van der Waals surface area contributed by atoms with E-state index in [1.54, 1.807) is 28.8 Å². The molecule has 0 aliphatic heterocycles. The van der Waals surface area contributed by atoms with E-state index in [4.69, 9.17) is 10.8 Å². The molecule has 1 aromatic heterocycles. The molecule has 5 rings (SSSR count). The van der Waals surface area contributed by atoms with Crippen LogP contribution in [0.4, 0.5) is 5.69 Å². The standard InChI is InChI=1S/C30H30N4O2/c1-30(2)17-25-27(26(35)18-30)28(21-12-8-5-9-13-21)32-34(25)24-15-14-22(16-23(24)31)29(36)33(3)19-20-10-6-4-7-11-20/h4-16H,17-19,31H2,1-3H3. The number of carbonyl (C=O) groups excluding carboxylic acids is 2. The Kier molecular flexibility index (Phi) is 5.96. The van der Waals surface area contributed by atoms with Gasteiger partial charge in [0.2, 0.25) is 0 Å². The van der Waals surface area contributed by atoms with E-state index in [-0.39, 0.29) is 17.1 Å². The van der Waals surface area contributed by atoms with Gasteiger partial charge in [-0.1, -0.05) is 74.5 Å². The molecule has 0 fully saturated rings. The van der Waals surface area contributed by atoms with Gasteiger partial charge in [-0.05, 0) is 35.6 Å². The number of carbonyl (C=O) groups is 2. The summed E-state index contributed by atoms with van der Waals surface area (Å²) in [5.74, 6) is -0.0138. The second-order valence-corrected chi connectivity index (χ2v) is 10.3. The molecule has 0 spiro atoms. The molecule has 3 aromatic carbocycles. The second kappa shape index (κ2) is 9.11. The number of hydrogen-bond donors (Lipinski definition) is 1. The van der Waals surface area contributed by atoms with Crippen molar-refractivity contribution in [3.63, 3.8) is 0 Å². The average molecular weight is 479 g/mol. The van der Waals surface area contributed by atoms with Crippen molar-refractivity contribution in [3.8, 4) is 16.9 Å². The smallest absolute Gasteiger partial charge is 0.253 e. The van der Waals surface area contributed by atoms with Crippen LogP contribution in [-0.4, -0.2) is 33.4 Å². The Labute approximate surface area is 211 Å². The van der Waals surface area contributed by atoms with E-state index in [1.807, 2.05) is 66.7 Å². The summed E-state index contributed by atoms with van der Waals surface area (Å²) in [4.78, 5) is 28.0. The summed E-state index contributed by atoms with van der Waals surface area (Å²) in [5, 5.41) is 4.90. The Bertz CT molecular complexity index is 1440. The fraction of sp³-hybridized carbons (Fsp3) is 0.233. The van der Waals surface area contributed by atoms with Crippen molar-refractivity contribution in [1.29, 1.82) is 0 Å². The average Bonchev–Trinajstić information content (AvgIpc) is 3.23. The summed E-state index contributed by atoms with van der Waals surface area (Å²) in [6, 6.07) is 24.9. The molecule has 4 aromatic rings. The zero-order valence-electron chi connectivity index (χ0n) is 20.9. The number of ketones is 1. The molecule has 0 atom stereocenters. The lowest BCUT2D eigenvalue weighted by Gasteiger charge is -2.29. The first-order valence-corrected chi connectivity index (χ1v) is 12.1. The number of aromatic nitrogens is 2. The lowest BCUT2D eigenvalue weighted by atomic mass is 9.75. The van der Waals surface area contributed by atoms with Gasteiger partial charge in [0.25, 0.3) is 5.91 Å². The molecule has 1 heterocycles. The van der Waals surface area contributed by atoms with E-state index in [2.05, 4.69) is 13.8 Å². The molecule has 6 nitrogen and oxygen atoms in total. The number of Topliss-reactive ketones (excluding diaryl/α,β-unsaturated/α-hetero) is 1. The van der Waals surface area contributed by atoms with Crippen LogP contribution in [0.25, 0.3) is 16.9 Å². The quantitative estimate of drug-likeness (QED) is 0.382. The van der Waals surface area contributed by atoms with Crippen LogP contribution in [0.5, 0.6) is 0 Å². The zero-order chi connectivity index (χ0) is 25.4. The summed E-state index contributed by atoms with van der Waals surface area (Å²) in [5.41, 5.74) is 12.1. The number of benzene rings is 3. The van der Waals surface area contributed by atoms with E-state index in [1.165, 1.54) is 0 Å². The summed E-state index contributed by atoms with van der Waals surface area (Å²) in [6.07, 6.45) is 1.18. The van der Waals surface area contributed by atoms with Crippen LogP contribution in [0.3, 0.4) is 0 Å². The minimum Gasteiger partial charge on any atom is -0.397 e. The van der Waals surface area contributed by atoms with Gasteiger partial charge in [-0.15, -0.1) is 0 Å². The van der Waals surface area contributed by atoms with Crippen molar-refractivity contribution in [2.24, 2.45) is 5.41 Å². The van der Waals surface area contributed by atoms with Crippen LogP contribution in [-0.2, 0) is 13.0 Å². The van der Waals surface area contributed by atoms with E-state index in [9.17, 15) is 9.59 Å². The first-order valence-electron chi connectivity index (χ1n) is 12.1. The van der Waals surface area contributed by atoms with Gasteiger partial charge in [0.05, 0.1) is 22.6 Å². The highest BCUT2D eigenvalue weighted by Gasteiger charge is 2.37. The number of nitrogens with two attached hydrogens (primary N) is 1. The normalized spacial score (nSPS) is 14.4. The summed E-state index contributed by atoms with van der Waals surface area (Å²) >= 11 is 0. The van der Waals surface area contributed by atoms with Crippen LogP contribution in [0, 0.1) is 5.41 Å². The number of hydrogen-bond acceptors (Lipinski definition) is 4. The number of nitrogen functional groups attached to an aromatic ring is 1. The highest BCUT2D eigenvalue weighted by atomic mass is 16.2. The molecule has 0 saturated heterocycles. The minimum absolute atomic E-state index is 0.0965. The van der Waals surface area contributed by atoms with Crippen LogP contribution in [0.15, 0.2) is 78.9 Å². The summed E-state index contributed by atoms with van der Waals surface area (Å²) in [6.45, 7) is 4.70. The van der Waals surface area contributed by atoms with Crippen molar-refractivity contribution in [1.82, 2.24) is 14.7 Å². The first-order chi connectivity index (χ1) is 17.2. The van der Waals surface area contributed by atoms with Gasteiger partial charge in [0.1, 0.15) is 5.69 Å². The van der Waals surface area contributed by atoms with Gasteiger partial charge in [-0.2, -0.15) is 5.10 Å². The van der Waals surface area contributed by atoms with Crippen LogP contribution in [0.2, 0.25) is 0 Å². The molecule has 1 aliphatic rings. The molecule has 0 saturated carbocycles. The second-order valence-electron chi connectivity index (χ2n) is 10.3. The maximum atomic E-state index is 13.3. The van der Waals surface area contributed by atoms with Crippen molar-refractivity contribution >= 4 is 17.4 Å². The molecular weight excluding hydrogens is 448 g/mol.